The van der Waals surface area contributed by atoms with Crippen LogP contribution in [0.1, 0.15) is 66.9 Å². The molecule has 5 rings (SSSR count). The van der Waals surface area contributed by atoms with Gasteiger partial charge in [0.2, 0.25) is 0 Å². The summed E-state index contributed by atoms with van der Waals surface area (Å²) in [4.78, 5) is 23.5. The lowest BCUT2D eigenvalue weighted by molar-refractivity contribution is 0.0931. The second-order valence-corrected chi connectivity index (χ2v) is 9.62. The van der Waals surface area contributed by atoms with E-state index in [9.17, 15) is 4.79 Å². The molecule has 11 heteroatoms. The maximum atomic E-state index is 13.4. The van der Waals surface area contributed by atoms with Crippen LogP contribution in [0.5, 0.6) is 0 Å². The number of amides is 1. The molecule has 0 bridgehead atoms. The third-order valence-corrected chi connectivity index (χ3v) is 7.11. The largest absolute Gasteiger partial charge is 0.342 e. The molecule has 9 nitrogen and oxygen atoms in total. The highest BCUT2D eigenvalue weighted by atomic mass is 35.5. The summed E-state index contributed by atoms with van der Waals surface area (Å²) in [6, 6.07) is 3.74. The van der Waals surface area contributed by atoms with Gasteiger partial charge in [-0.15, -0.1) is 21.5 Å². The van der Waals surface area contributed by atoms with Crippen molar-refractivity contribution in [2.24, 2.45) is 0 Å². The Bertz CT molecular complexity index is 1280. The van der Waals surface area contributed by atoms with Crippen molar-refractivity contribution in [3.63, 3.8) is 0 Å². The van der Waals surface area contributed by atoms with Crippen molar-refractivity contribution in [2.45, 2.75) is 58.0 Å². The number of aryl methyl sites for hydroxylation is 1. The molecule has 0 spiro atoms. The predicted octanol–water partition coefficient (Wildman–Crippen LogP) is 4.63. The molecular weight excluding hydrogens is 472 g/mol. The lowest BCUT2D eigenvalue weighted by Crippen LogP contribution is -2.30. The second kappa shape index (κ2) is 10.0. The Hall–Kier alpha value is -3.11. The number of hydrogen-bond donors (Lipinski definition) is 1. The van der Waals surface area contributed by atoms with Crippen LogP contribution in [0, 0.1) is 0 Å². The van der Waals surface area contributed by atoms with E-state index in [0.29, 0.717) is 28.6 Å². The van der Waals surface area contributed by atoms with Gasteiger partial charge in [0.05, 0.1) is 39.6 Å². The molecule has 34 heavy (non-hydrogen) atoms. The van der Waals surface area contributed by atoms with Crippen LogP contribution >= 0.6 is 22.9 Å². The summed E-state index contributed by atoms with van der Waals surface area (Å²) in [5.74, 6) is 1.02. The third kappa shape index (κ3) is 4.47. The number of hydrogen-bond acceptors (Lipinski definition) is 7. The minimum absolute atomic E-state index is 0.175. The van der Waals surface area contributed by atoms with Gasteiger partial charge in [0.25, 0.3) is 11.9 Å². The fourth-order valence-electron chi connectivity index (χ4n) is 4.21. The van der Waals surface area contributed by atoms with Gasteiger partial charge >= 0.3 is 0 Å². The van der Waals surface area contributed by atoms with Crippen molar-refractivity contribution in [1.29, 1.82) is 0 Å². The molecule has 1 aliphatic rings. The first-order chi connectivity index (χ1) is 16.7. The fraction of sp³-hybridized carbons (Fsp3) is 0.391. The van der Waals surface area contributed by atoms with Gasteiger partial charge in [-0.1, -0.05) is 31.0 Å². The van der Waals surface area contributed by atoms with E-state index in [1.165, 1.54) is 0 Å². The number of halogens is 1. The molecule has 0 radical (unpaired) electrons. The number of nitrogens with zero attached hydrogens (tertiary/aromatic N) is 7. The van der Waals surface area contributed by atoms with Crippen LogP contribution in [0.3, 0.4) is 0 Å². The van der Waals surface area contributed by atoms with Crippen LogP contribution in [-0.2, 0) is 13.0 Å². The quantitative estimate of drug-likeness (QED) is 0.400. The Morgan fingerprint density at radius 1 is 1.32 bits per heavy atom. The molecule has 4 aromatic rings. The van der Waals surface area contributed by atoms with E-state index in [0.717, 1.165) is 55.0 Å². The van der Waals surface area contributed by atoms with Gasteiger partial charge in [-0.25, -0.2) is 14.6 Å². The van der Waals surface area contributed by atoms with E-state index in [4.69, 9.17) is 16.6 Å². The topological polar surface area (TPSA) is 103 Å². The molecule has 1 atom stereocenters. The zero-order valence-electron chi connectivity index (χ0n) is 18.8. The first kappa shape index (κ1) is 22.7. The van der Waals surface area contributed by atoms with Crippen molar-refractivity contribution in [3.05, 3.63) is 58.3 Å². The van der Waals surface area contributed by atoms with Crippen LogP contribution in [0.25, 0.3) is 16.5 Å². The van der Waals surface area contributed by atoms with Crippen molar-refractivity contribution in [2.75, 3.05) is 0 Å². The highest BCUT2D eigenvalue weighted by molar-refractivity contribution is 7.13. The molecule has 1 amide bonds. The Morgan fingerprint density at radius 3 is 3.06 bits per heavy atom. The average molecular weight is 497 g/mol. The Morgan fingerprint density at radius 2 is 2.24 bits per heavy atom. The number of unbranched alkanes of at least 4 members (excludes halogenated alkanes) is 1. The van der Waals surface area contributed by atoms with Crippen molar-refractivity contribution >= 4 is 28.8 Å². The monoisotopic (exact) mass is 496 g/mol. The van der Waals surface area contributed by atoms with E-state index in [1.54, 1.807) is 34.7 Å². The molecule has 1 unspecified atom stereocenters. The smallest absolute Gasteiger partial charge is 0.255 e. The highest BCUT2D eigenvalue weighted by Crippen LogP contribution is 2.30. The van der Waals surface area contributed by atoms with Crippen LogP contribution in [0.4, 0.5) is 0 Å². The first-order valence-corrected chi connectivity index (χ1v) is 12.7. The van der Waals surface area contributed by atoms with Gasteiger partial charge in [-0.2, -0.15) is 5.10 Å². The molecule has 0 saturated heterocycles. The summed E-state index contributed by atoms with van der Waals surface area (Å²) in [7, 11) is 0. The molecular formula is C23H25ClN8OS. The Labute approximate surface area is 206 Å². The lowest BCUT2D eigenvalue weighted by Gasteiger charge is -2.16. The van der Waals surface area contributed by atoms with Crippen molar-refractivity contribution in [3.8, 4) is 16.5 Å². The number of carbonyl (C=O) groups is 1. The lowest BCUT2D eigenvalue weighted by atomic mass is 10.1. The number of fused-ring (bicyclic) bond motifs is 1. The molecule has 1 N–H and O–H groups in total. The summed E-state index contributed by atoms with van der Waals surface area (Å²) >= 11 is 7.94. The first-order valence-electron chi connectivity index (χ1n) is 11.5. The summed E-state index contributed by atoms with van der Waals surface area (Å²) in [5, 5.41) is 18.4. The zero-order valence-corrected chi connectivity index (χ0v) is 20.4. The molecule has 0 aliphatic carbocycles. The summed E-state index contributed by atoms with van der Waals surface area (Å²) in [6.07, 6.45) is 10.4. The van der Waals surface area contributed by atoms with Gasteiger partial charge in [0.15, 0.2) is 5.82 Å². The van der Waals surface area contributed by atoms with E-state index in [2.05, 4.69) is 32.5 Å². The van der Waals surface area contributed by atoms with Gasteiger partial charge in [-0.3, -0.25) is 4.79 Å². The van der Waals surface area contributed by atoms with Crippen molar-refractivity contribution < 1.29 is 4.79 Å². The molecule has 1 aliphatic heterocycles. The Kier molecular flexibility index (Phi) is 6.68. The third-order valence-electron chi connectivity index (χ3n) is 5.96. The minimum atomic E-state index is -0.183. The maximum Gasteiger partial charge on any atom is 0.255 e. The summed E-state index contributed by atoms with van der Waals surface area (Å²) in [6.45, 7) is 2.99. The van der Waals surface area contributed by atoms with Gasteiger partial charge in [0.1, 0.15) is 12.0 Å². The summed E-state index contributed by atoms with van der Waals surface area (Å²) in [5.41, 5.74) is 1.97. The number of aromatic nitrogens is 7. The molecule has 176 valence electrons. The number of nitrogens with one attached hydrogen (secondary N) is 1. The van der Waals surface area contributed by atoms with Crippen LogP contribution < -0.4 is 5.32 Å². The van der Waals surface area contributed by atoms with Crippen molar-refractivity contribution in [1.82, 2.24) is 39.8 Å². The summed E-state index contributed by atoms with van der Waals surface area (Å²) < 4.78 is 3.68. The van der Waals surface area contributed by atoms with E-state index < -0.39 is 0 Å². The average Bonchev–Trinajstić information content (AvgIpc) is 3.59. The van der Waals surface area contributed by atoms with Gasteiger partial charge in [-0.05, 0) is 43.6 Å². The highest BCUT2D eigenvalue weighted by Gasteiger charge is 2.26. The molecule has 0 saturated carbocycles. The van der Waals surface area contributed by atoms with Crippen LogP contribution in [-0.4, -0.2) is 40.4 Å². The van der Waals surface area contributed by atoms with Gasteiger partial charge in [0, 0.05) is 6.54 Å². The standard InChI is InChI=1S/C23H25ClN8OS/c1-2-3-8-18-15(22(33)28-17-7-4-5-10-31-14-26-30-21(17)31)12-27-32(18)23-25-13-16(24)20(29-23)19-9-6-11-34-19/h6,9,11-14,17H,2-5,7-8,10H2,1H3,(H,28,33). The maximum absolute atomic E-state index is 13.4. The molecule has 4 aromatic heterocycles. The molecule has 0 fully saturated rings. The predicted molar refractivity (Wildman–Crippen MR) is 130 cm³/mol. The molecule has 5 heterocycles. The van der Waals surface area contributed by atoms with Crippen LogP contribution in [0.2, 0.25) is 5.02 Å². The van der Waals surface area contributed by atoms with Crippen LogP contribution in [0.15, 0.2) is 36.2 Å². The second-order valence-electron chi connectivity index (χ2n) is 8.27. The number of rotatable bonds is 7. The van der Waals surface area contributed by atoms with E-state index >= 15 is 0 Å². The normalized spacial score (nSPS) is 15.6. The number of carbonyl (C=O) groups excluding carboxylic acids is 1. The molecule has 0 aromatic carbocycles. The Balaban J connectivity index is 1.48. The van der Waals surface area contributed by atoms with E-state index in [-0.39, 0.29) is 11.9 Å². The number of thiophene rings is 1. The minimum Gasteiger partial charge on any atom is -0.342 e. The zero-order chi connectivity index (χ0) is 23.5. The SMILES string of the molecule is CCCCc1c(C(=O)NC2CCCCn3cnnc32)cnn1-c1ncc(Cl)c(-c2cccs2)n1. The van der Waals surface area contributed by atoms with E-state index in [1.807, 2.05) is 22.1 Å². The van der Waals surface area contributed by atoms with Gasteiger partial charge < -0.3 is 9.88 Å². The fourth-order valence-corrected chi connectivity index (χ4v) is 5.18.